The molecular weight excluding hydrogens is 290 g/mol. The molecule has 1 fully saturated rings. The molecule has 1 aliphatic heterocycles. The number of thiocarbonyl (C=S) groups is 1. The lowest BCUT2D eigenvalue weighted by atomic mass is 10.1. The molecule has 1 saturated heterocycles. The molecule has 0 aliphatic carbocycles. The number of nitrogens with zero attached hydrogens (tertiary/aromatic N) is 1. The van der Waals surface area contributed by atoms with Crippen molar-refractivity contribution in [2.45, 2.75) is 6.92 Å². The first-order valence-corrected chi connectivity index (χ1v) is 7.03. The summed E-state index contributed by atoms with van der Waals surface area (Å²) in [7, 11) is 0. The molecular formula is C14H17N3O3S. The lowest BCUT2D eigenvalue weighted by molar-refractivity contribution is -0.117. The van der Waals surface area contributed by atoms with E-state index in [0.717, 1.165) is 0 Å². The van der Waals surface area contributed by atoms with E-state index in [4.69, 9.17) is 17.0 Å². The van der Waals surface area contributed by atoms with Crippen molar-refractivity contribution in [2.24, 2.45) is 0 Å². The van der Waals surface area contributed by atoms with Gasteiger partial charge in [0.2, 0.25) is 5.91 Å². The predicted octanol–water partition coefficient (Wildman–Crippen LogP) is 0.992. The van der Waals surface area contributed by atoms with Crippen molar-refractivity contribution in [3.8, 4) is 0 Å². The van der Waals surface area contributed by atoms with E-state index in [-0.39, 0.29) is 16.9 Å². The number of morpholine rings is 1. The molecule has 0 aromatic heterocycles. The van der Waals surface area contributed by atoms with Gasteiger partial charge in [-0.25, -0.2) is 0 Å². The Morgan fingerprint density at radius 2 is 1.90 bits per heavy atom. The van der Waals surface area contributed by atoms with Crippen LogP contribution in [0.2, 0.25) is 0 Å². The smallest absolute Gasteiger partial charge is 0.256 e. The van der Waals surface area contributed by atoms with Crippen molar-refractivity contribution >= 4 is 34.8 Å². The Hall–Kier alpha value is -1.99. The number of amides is 2. The van der Waals surface area contributed by atoms with Gasteiger partial charge in [0, 0.05) is 20.0 Å². The Morgan fingerprint density at radius 3 is 2.57 bits per heavy atom. The second kappa shape index (κ2) is 7.14. The van der Waals surface area contributed by atoms with Gasteiger partial charge in [0.05, 0.1) is 24.5 Å². The van der Waals surface area contributed by atoms with Gasteiger partial charge in [-0.3, -0.25) is 9.59 Å². The Labute approximate surface area is 128 Å². The number of hydrogen-bond acceptors (Lipinski definition) is 4. The molecule has 1 aromatic rings. The summed E-state index contributed by atoms with van der Waals surface area (Å²) in [6.45, 7) is 3.61. The first-order valence-electron chi connectivity index (χ1n) is 6.62. The Balaban J connectivity index is 2.14. The predicted molar refractivity (Wildman–Crippen MR) is 83.2 cm³/mol. The number of carbonyl (C=O) groups is 2. The lowest BCUT2D eigenvalue weighted by Gasteiger charge is -2.27. The van der Waals surface area contributed by atoms with Gasteiger partial charge in [-0.05, 0) is 24.4 Å². The molecule has 1 aliphatic rings. The third kappa shape index (κ3) is 4.24. The minimum atomic E-state index is -0.260. The Bertz CT molecular complexity index is 556. The summed E-state index contributed by atoms with van der Waals surface area (Å²) < 4.78 is 5.25. The minimum Gasteiger partial charge on any atom is -0.378 e. The van der Waals surface area contributed by atoms with Crippen molar-refractivity contribution in [2.75, 3.05) is 31.6 Å². The molecule has 2 amide bonds. The maximum absolute atomic E-state index is 12.5. The number of nitrogens with one attached hydrogen (secondary N) is 2. The zero-order valence-electron chi connectivity index (χ0n) is 11.7. The molecule has 1 aromatic carbocycles. The van der Waals surface area contributed by atoms with Gasteiger partial charge >= 0.3 is 0 Å². The van der Waals surface area contributed by atoms with E-state index in [2.05, 4.69) is 10.6 Å². The second-order valence-electron chi connectivity index (χ2n) is 4.59. The van der Waals surface area contributed by atoms with Gasteiger partial charge in [-0.1, -0.05) is 12.1 Å². The highest BCUT2D eigenvalue weighted by Gasteiger charge is 2.21. The van der Waals surface area contributed by atoms with Crippen molar-refractivity contribution in [3.05, 3.63) is 29.8 Å². The van der Waals surface area contributed by atoms with Crippen LogP contribution in [0, 0.1) is 0 Å². The molecule has 112 valence electrons. The van der Waals surface area contributed by atoms with E-state index in [0.29, 0.717) is 37.6 Å². The molecule has 0 radical (unpaired) electrons. The van der Waals surface area contributed by atoms with Gasteiger partial charge < -0.3 is 20.3 Å². The number of benzene rings is 1. The van der Waals surface area contributed by atoms with Crippen molar-refractivity contribution < 1.29 is 14.3 Å². The van der Waals surface area contributed by atoms with Crippen LogP contribution in [-0.4, -0.2) is 48.1 Å². The summed E-state index contributed by atoms with van der Waals surface area (Å²) >= 11 is 5.03. The number of carbonyl (C=O) groups excluding carboxylic acids is 2. The average molecular weight is 307 g/mol. The van der Waals surface area contributed by atoms with Gasteiger partial charge in [-0.15, -0.1) is 0 Å². The average Bonchev–Trinajstić information content (AvgIpc) is 2.47. The van der Waals surface area contributed by atoms with E-state index in [1.807, 2.05) is 0 Å². The van der Waals surface area contributed by atoms with Crippen LogP contribution >= 0.6 is 12.2 Å². The summed E-state index contributed by atoms with van der Waals surface area (Å²) in [6, 6.07) is 7.08. The third-order valence-corrected chi connectivity index (χ3v) is 3.20. The zero-order chi connectivity index (χ0) is 15.2. The summed E-state index contributed by atoms with van der Waals surface area (Å²) in [6.07, 6.45) is 0. The molecule has 0 unspecified atom stereocenters. The molecule has 7 heteroatoms. The number of rotatable bonds is 2. The second-order valence-corrected chi connectivity index (χ2v) is 4.99. The van der Waals surface area contributed by atoms with E-state index in [1.54, 1.807) is 29.2 Å². The normalized spacial score (nSPS) is 14.4. The van der Waals surface area contributed by atoms with Gasteiger partial charge in [-0.2, -0.15) is 0 Å². The van der Waals surface area contributed by atoms with Crippen molar-refractivity contribution in [3.63, 3.8) is 0 Å². The van der Waals surface area contributed by atoms with Crippen LogP contribution in [0.5, 0.6) is 0 Å². The highest BCUT2D eigenvalue weighted by molar-refractivity contribution is 7.80. The molecule has 0 bridgehead atoms. The van der Waals surface area contributed by atoms with Crippen LogP contribution in [0.15, 0.2) is 24.3 Å². The van der Waals surface area contributed by atoms with Gasteiger partial charge in [0.25, 0.3) is 5.91 Å². The molecule has 2 N–H and O–H groups in total. The highest BCUT2D eigenvalue weighted by Crippen LogP contribution is 2.18. The highest BCUT2D eigenvalue weighted by atomic mass is 32.1. The minimum absolute atomic E-state index is 0.0768. The summed E-state index contributed by atoms with van der Waals surface area (Å²) in [4.78, 5) is 25.2. The van der Waals surface area contributed by atoms with Crippen LogP contribution in [0.1, 0.15) is 17.3 Å². The van der Waals surface area contributed by atoms with Crippen LogP contribution < -0.4 is 10.6 Å². The third-order valence-electron chi connectivity index (χ3n) is 2.99. The number of anilines is 1. The first-order chi connectivity index (χ1) is 10.1. The summed E-state index contributed by atoms with van der Waals surface area (Å²) in [5.74, 6) is -0.337. The van der Waals surface area contributed by atoms with Crippen molar-refractivity contribution in [1.82, 2.24) is 10.2 Å². The summed E-state index contributed by atoms with van der Waals surface area (Å²) in [5, 5.41) is 5.53. The number of ether oxygens (including phenoxy) is 1. The molecule has 0 spiro atoms. The van der Waals surface area contributed by atoms with E-state index >= 15 is 0 Å². The van der Waals surface area contributed by atoms with E-state index < -0.39 is 0 Å². The number of para-hydroxylation sites is 1. The van der Waals surface area contributed by atoms with E-state index in [1.165, 1.54) is 6.92 Å². The summed E-state index contributed by atoms with van der Waals surface area (Å²) in [5.41, 5.74) is 1.10. The van der Waals surface area contributed by atoms with Crippen LogP contribution in [-0.2, 0) is 9.53 Å². The van der Waals surface area contributed by atoms with Gasteiger partial charge in [0.1, 0.15) is 0 Å². The molecule has 0 atom stereocenters. The quantitative estimate of drug-likeness (QED) is 0.798. The molecule has 1 heterocycles. The molecule has 0 saturated carbocycles. The zero-order valence-corrected chi connectivity index (χ0v) is 12.5. The monoisotopic (exact) mass is 307 g/mol. The van der Waals surface area contributed by atoms with Crippen molar-refractivity contribution in [1.29, 1.82) is 0 Å². The standard InChI is InChI=1S/C14H17N3O3S/c1-10(18)15-14(21)16-12-5-3-2-4-11(12)13(19)17-6-8-20-9-7-17/h2-5H,6-9H2,1H3,(H2,15,16,18,21). The number of hydrogen-bond donors (Lipinski definition) is 2. The fourth-order valence-corrected chi connectivity index (χ4v) is 2.28. The maximum Gasteiger partial charge on any atom is 0.256 e. The van der Waals surface area contributed by atoms with E-state index in [9.17, 15) is 9.59 Å². The molecule has 2 rings (SSSR count). The fraction of sp³-hybridized carbons (Fsp3) is 0.357. The van der Waals surface area contributed by atoms with Crippen LogP contribution in [0.3, 0.4) is 0 Å². The Morgan fingerprint density at radius 1 is 1.24 bits per heavy atom. The largest absolute Gasteiger partial charge is 0.378 e. The topological polar surface area (TPSA) is 70.7 Å². The first kappa shape index (κ1) is 15.4. The van der Waals surface area contributed by atoms with Crippen LogP contribution in [0.4, 0.5) is 5.69 Å². The fourth-order valence-electron chi connectivity index (χ4n) is 2.03. The molecule has 21 heavy (non-hydrogen) atoms. The SMILES string of the molecule is CC(=O)NC(=S)Nc1ccccc1C(=O)N1CCOCC1. The maximum atomic E-state index is 12.5. The van der Waals surface area contributed by atoms with Crippen LogP contribution in [0.25, 0.3) is 0 Å². The van der Waals surface area contributed by atoms with Gasteiger partial charge in [0.15, 0.2) is 5.11 Å². The molecule has 6 nitrogen and oxygen atoms in total. The Kier molecular flexibility index (Phi) is 5.24. The lowest BCUT2D eigenvalue weighted by Crippen LogP contribution is -2.41.